The second-order valence-corrected chi connectivity index (χ2v) is 7.18. The molecule has 2 aliphatic heterocycles. The van der Waals surface area contributed by atoms with Crippen LogP contribution in [0.3, 0.4) is 0 Å². The minimum atomic E-state index is -0.394. The molecule has 1 aromatic carbocycles. The lowest BCUT2D eigenvalue weighted by atomic mass is 9.97. The Balaban J connectivity index is 1.64. The van der Waals surface area contributed by atoms with E-state index < -0.39 is 5.91 Å². The molecule has 1 aromatic rings. The van der Waals surface area contributed by atoms with Crippen LogP contribution in [0, 0.1) is 5.92 Å². The summed E-state index contributed by atoms with van der Waals surface area (Å²) >= 11 is 3.30. The van der Waals surface area contributed by atoms with Crippen molar-refractivity contribution < 1.29 is 14.4 Å². The Morgan fingerprint density at radius 1 is 1.21 bits per heavy atom. The number of hydrogen-bond acceptors (Lipinski definition) is 4. The highest BCUT2D eigenvalue weighted by molar-refractivity contribution is 9.10. The van der Waals surface area contributed by atoms with E-state index in [-0.39, 0.29) is 18.4 Å². The Bertz CT molecular complexity index is 684. The fourth-order valence-electron chi connectivity index (χ4n) is 3.32. The van der Waals surface area contributed by atoms with Crippen molar-refractivity contribution in [2.24, 2.45) is 5.92 Å². The number of nitrogens with zero attached hydrogens (tertiary/aromatic N) is 2. The van der Waals surface area contributed by atoms with Crippen molar-refractivity contribution >= 4 is 33.7 Å². The predicted molar refractivity (Wildman–Crippen MR) is 92.7 cm³/mol. The van der Waals surface area contributed by atoms with Crippen LogP contribution in [0.4, 0.5) is 0 Å². The number of rotatable bonds is 4. The number of nitrogens with one attached hydrogen (secondary N) is 1. The highest BCUT2D eigenvalue weighted by Crippen LogP contribution is 2.26. The van der Waals surface area contributed by atoms with Gasteiger partial charge in [-0.3, -0.25) is 19.3 Å². The average Bonchev–Trinajstić information content (AvgIpc) is 2.80. The number of piperidine rings is 1. The van der Waals surface area contributed by atoms with Gasteiger partial charge in [-0.05, 0) is 50.6 Å². The van der Waals surface area contributed by atoms with Gasteiger partial charge >= 0.3 is 0 Å². The Morgan fingerprint density at radius 3 is 2.54 bits per heavy atom. The molecule has 1 N–H and O–H groups in total. The first-order valence-electron chi connectivity index (χ1n) is 8.09. The van der Waals surface area contributed by atoms with E-state index in [1.54, 1.807) is 23.1 Å². The largest absolute Gasteiger partial charge is 0.341 e. The maximum absolute atomic E-state index is 12.5. The molecule has 0 bridgehead atoms. The molecule has 24 heavy (non-hydrogen) atoms. The lowest BCUT2D eigenvalue weighted by Crippen LogP contribution is -2.46. The van der Waals surface area contributed by atoms with Gasteiger partial charge in [0.15, 0.2) is 0 Å². The monoisotopic (exact) mass is 393 g/mol. The van der Waals surface area contributed by atoms with Crippen LogP contribution in [0.5, 0.6) is 0 Å². The van der Waals surface area contributed by atoms with E-state index >= 15 is 0 Å². The number of carbonyl (C=O) groups is 3. The number of imide groups is 1. The van der Waals surface area contributed by atoms with E-state index in [2.05, 4.69) is 21.2 Å². The second kappa shape index (κ2) is 7.03. The average molecular weight is 394 g/mol. The first-order chi connectivity index (χ1) is 11.5. The zero-order chi connectivity index (χ0) is 17.3. The first-order valence-corrected chi connectivity index (χ1v) is 8.88. The fourth-order valence-corrected chi connectivity index (χ4v) is 3.68. The lowest BCUT2D eigenvalue weighted by Gasteiger charge is -2.32. The summed E-state index contributed by atoms with van der Waals surface area (Å²) in [6.45, 7) is 2.13. The molecule has 0 atom stereocenters. The SMILES string of the molecule is CNCC1CCN(C(=O)CN2C(=O)c3ccc(Br)cc3C2=O)CC1. The third-order valence-corrected chi connectivity index (χ3v) is 5.18. The molecule has 6 nitrogen and oxygen atoms in total. The predicted octanol–water partition coefficient (Wildman–Crippen LogP) is 1.50. The number of halogens is 1. The van der Waals surface area contributed by atoms with Crippen molar-refractivity contribution in [3.05, 3.63) is 33.8 Å². The van der Waals surface area contributed by atoms with Crippen molar-refractivity contribution in [3.63, 3.8) is 0 Å². The van der Waals surface area contributed by atoms with Gasteiger partial charge in [-0.15, -0.1) is 0 Å². The van der Waals surface area contributed by atoms with Crippen molar-refractivity contribution in [1.82, 2.24) is 15.1 Å². The van der Waals surface area contributed by atoms with Gasteiger partial charge in [-0.25, -0.2) is 0 Å². The summed E-state index contributed by atoms with van der Waals surface area (Å²) in [7, 11) is 1.93. The topological polar surface area (TPSA) is 69.7 Å². The molecule has 7 heteroatoms. The second-order valence-electron chi connectivity index (χ2n) is 6.27. The van der Waals surface area contributed by atoms with Crippen LogP contribution in [-0.2, 0) is 4.79 Å². The molecule has 0 aliphatic carbocycles. The Hall–Kier alpha value is -1.73. The number of carbonyl (C=O) groups excluding carboxylic acids is 3. The van der Waals surface area contributed by atoms with Gasteiger partial charge in [0.1, 0.15) is 6.54 Å². The summed E-state index contributed by atoms with van der Waals surface area (Å²) in [6.07, 6.45) is 1.89. The van der Waals surface area contributed by atoms with E-state index in [1.807, 2.05) is 7.05 Å². The van der Waals surface area contributed by atoms with Crippen LogP contribution in [-0.4, -0.2) is 60.7 Å². The molecule has 3 rings (SSSR count). The van der Waals surface area contributed by atoms with Crippen LogP contribution < -0.4 is 5.32 Å². The quantitative estimate of drug-likeness (QED) is 0.786. The van der Waals surface area contributed by atoms with Crippen LogP contribution >= 0.6 is 15.9 Å². The molecule has 0 aromatic heterocycles. The molecule has 2 aliphatic rings. The van der Waals surface area contributed by atoms with Gasteiger partial charge in [0.2, 0.25) is 5.91 Å². The number of benzene rings is 1. The number of hydrogen-bond donors (Lipinski definition) is 1. The summed E-state index contributed by atoms with van der Waals surface area (Å²) in [6, 6.07) is 4.97. The molecular weight excluding hydrogens is 374 g/mol. The molecule has 0 saturated carbocycles. The van der Waals surface area contributed by atoms with Crippen LogP contribution in [0.15, 0.2) is 22.7 Å². The summed E-state index contributed by atoms with van der Waals surface area (Å²) in [5.74, 6) is -0.363. The van der Waals surface area contributed by atoms with Gasteiger partial charge in [0.25, 0.3) is 11.8 Å². The van der Waals surface area contributed by atoms with Crippen LogP contribution in [0.25, 0.3) is 0 Å². The van der Waals surface area contributed by atoms with E-state index in [0.29, 0.717) is 30.1 Å². The maximum atomic E-state index is 12.5. The third-order valence-electron chi connectivity index (χ3n) is 4.69. The highest BCUT2D eigenvalue weighted by Gasteiger charge is 2.37. The van der Waals surface area contributed by atoms with Crippen molar-refractivity contribution in [3.8, 4) is 0 Å². The molecular formula is C17H20BrN3O3. The molecule has 0 unspecified atom stereocenters. The molecule has 128 valence electrons. The number of likely N-dealkylation sites (tertiary alicyclic amines) is 1. The molecule has 2 heterocycles. The Morgan fingerprint density at radius 2 is 1.88 bits per heavy atom. The maximum Gasteiger partial charge on any atom is 0.262 e. The summed E-state index contributed by atoms with van der Waals surface area (Å²) in [4.78, 5) is 40.1. The normalized spacial score (nSPS) is 18.2. The molecule has 1 saturated heterocycles. The smallest absolute Gasteiger partial charge is 0.262 e. The van der Waals surface area contributed by atoms with Crippen LogP contribution in [0.2, 0.25) is 0 Å². The summed E-state index contributed by atoms with van der Waals surface area (Å²) in [5.41, 5.74) is 0.721. The number of amides is 3. The standard InChI is InChI=1S/C17H20BrN3O3/c1-19-9-11-4-6-20(7-5-11)15(22)10-21-16(23)13-3-2-12(18)8-14(13)17(21)24/h2-3,8,11,19H,4-7,9-10H2,1H3. The zero-order valence-corrected chi connectivity index (χ0v) is 15.1. The van der Waals surface area contributed by atoms with Gasteiger partial charge in [0.05, 0.1) is 11.1 Å². The van der Waals surface area contributed by atoms with Crippen molar-refractivity contribution in [2.75, 3.05) is 33.2 Å². The molecule has 0 radical (unpaired) electrons. The Kier molecular flexibility index (Phi) is 5.01. The Labute approximate surface area is 149 Å². The van der Waals surface area contributed by atoms with Gasteiger partial charge in [-0.2, -0.15) is 0 Å². The summed E-state index contributed by atoms with van der Waals surface area (Å²) in [5, 5.41) is 3.16. The van der Waals surface area contributed by atoms with Gasteiger partial charge in [-0.1, -0.05) is 15.9 Å². The minimum absolute atomic E-state index is 0.161. The van der Waals surface area contributed by atoms with E-state index in [1.165, 1.54) is 0 Å². The van der Waals surface area contributed by atoms with E-state index in [0.717, 1.165) is 28.8 Å². The first kappa shape index (κ1) is 17.1. The summed E-state index contributed by atoms with van der Waals surface area (Å²) < 4.78 is 0.738. The third kappa shape index (κ3) is 3.23. The van der Waals surface area contributed by atoms with Crippen molar-refractivity contribution in [1.29, 1.82) is 0 Å². The van der Waals surface area contributed by atoms with Crippen LogP contribution in [0.1, 0.15) is 33.6 Å². The fraction of sp³-hybridized carbons (Fsp3) is 0.471. The highest BCUT2D eigenvalue weighted by atomic mass is 79.9. The molecule has 0 spiro atoms. The van der Waals surface area contributed by atoms with Gasteiger partial charge in [0, 0.05) is 17.6 Å². The molecule has 1 fully saturated rings. The van der Waals surface area contributed by atoms with E-state index in [4.69, 9.17) is 0 Å². The van der Waals surface area contributed by atoms with Crippen molar-refractivity contribution in [2.45, 2.75) is 12.8 Å². The van der Waals surface area contributed by atoms with Gasteiger partial charge < -0.3 is 10.2 Å². The lowest BCUT2D eigenvalue weighted by molar-refractivity contribution is -0.132. The molecule has 3 amide bonds. The van der Waals surface area contributed by atoms with E-state index in [9.17, 15) is 14.4 Å². The zero-order valence-electron chi connectivity index (χ0n) is 13.5. The minimum Gasteiger partial charge on any atom is -0.341 e. The number of fused-ring (bicyclic) bond motifs is 1.